The molecule has 45 heavy (non-hydrogen) atoms. The molecule has 3 aromatic rings. The van der Waals surface area contributed by atoms with Crippen LogP contribution >= 0.6 is 0 Å². The van der Waals surface area contributed by atoms with Gasteiger partial charge in [0.2, 0.25) is 16.0 Å². The monoisotopic (exact) mass is 654 g/mol. The molecule has 1 aromatic carbocycles. The summed E-state index contributed by atoms with van der Waals surface area (Å²) < 4.78 is 82.1. The number of sulfonamides is 1. The number of benzene rings is 1. The third-order valence-electron chi connectivity index (χ3n) is 7.89. The molecule has 2 aliphatic heterocycles. The van der Waals surface area contributed by atoms with Gasteiger partial charge < -0.3 is 24.4 Å². The molecule has 0 spiro atoms. The van der Waals surface area contributed by atoms with Crippen LogP contribution in [0.1, 0.15) is 33.1 Å². The van der Waals surface area contributed by atoms with E-state index in [1.807, 2.05) is 11.8 Å². The number of hydrogen-bond donors (Lipinski definition) is 2. The standard InChI is InChI=1S/C28H37F3N8O5S/c1-3-14-44-27(28(29,30)31)7-10-37(11-8-27)25-17-21(35-45(41,42)16-13-40)4-5-24(25)39-18-23(34-36-39)22-6-9-32-26(33-22)38-12-15-43-19-20(38)2/h4-6,9,17-18,20,35,40H,3,7-8,10-16,19H2,1-2H3. The molecule has 5 rings (SSSR count). The van der Waals surface area contributed by atoms with Crippen LogP contribution in [0.25, 0.3) is 17.1 Å². The molecule has 0 aliphatic carbocycles. The van der Waals surface area contributed by atoms with Crippen LogP contribution in [0, 0.1) is 0 Å². The molecule has 1 unspecified atom stereocenters. The molecule has 4 heterocycles. The second-order valence-electron chi connectivity index (χ2n) is 11.1. The quantitative estimate of drug-likeness (QED) is 0.315. The Morgan fingerprint density at radius 2 is 1.93 bits per heavy atom. The maximum Gasteiger partial charge on any atom is 0.417 e. The van der Waals surface area contributed by atoms with Crippen molar-refractivity contribution in [2.24, 2.45) is 0 Å². The fourth-order valence-corrected chi connectivity index (χ4v) is 6.28. The lowest BCUT2D eigenvalue weighted by Gasteiger charge is -2.43. The molecule has 0 amide bonds. The van der Waals surface area contributed by atoms with Crippen molar-refractivity contribution in [3.63, 3.8) is 0 Å². The molecule has 2 N–H and O–H groups in total. The van der Waals surface area contributed by atoms with Gasteiger partial charge >= 0.3 is 6.18 Å². The number of halogens is 3. The number of hydrogen-bond acceptors (Lipinski definition) is 11. The van der Waals surface area contributed by atoms with Crippen molar-refractivity contribution in [2.45, 2.75) is 50.9 Å². The predicted octanol–water partition coefficient (Wildman–Crippen LogP) is 3.01. The molecule has 1 atom stereocenters. The topological polar surface area (TPSA) is 148 Å². The molecule has 246 valence electrons. The van der Waals surface area contributed by atoms with Gasteiger partial charge in [-0.25, -0.2) is 23.1 Å². The number of anilines is 3. The SMILES string of the molecule is CCCOC1(C(F)(F)F)CCN(c2cc(NS(=O)(=O)CCO)ccc2-n2cc(-c3ccnc(N4CCOCC4C)n3)nn2)CC1. The molecule has 2 saturated heterocycles. The maximum absolute atomic E-state index is 14.2. The molecule has 0 radical (unpaired) electrons. The molecular formula is C28H37F3N8O5S. The summed E-state index contributed by atoms with van der Waals surface area (Å²) >= 11 is 0. The van der Waals surface area contributed by atoms with Gasteiger partial charge in [-0.15, -0.1) is 5.10 Å². The average molecular weight is 655 g/mol. The van der Waals surface area contributed by atoms with Gasteiger partial charge in [-0.2, -0.15) is 13.2 Å². The van der Waals surface area contributed by atoms with Crippen molar-refractivity contribution in [2.75, 3.05) is 66.3 Å². The Balaban J connectivity index is 1.47. The van der Waals surface area contributed by atoms with E-state index in [2.05, 4.69) is 25.0 Å². The minimum absolute atomic E-state index is 0.00236. The van der Waals surface area contributed by atoms with E-state index < -0.39 is 34.2 Å². The Bertz CT molecular complexity index is 1560. The van der Waals surface area contributed by atoms with Crippen LogP contribution in [0.4, 0.5) is 30.5 Å². The first-order chi connectivity index (χ1) is 21.4. The number of alkyl halides is 3. The fraction of sp³-hybridized carbons (Fsp3) is 0.571. The molecular weight excluding hydrogens is 617 g/mol. The number of ether oxygens (including phenoxy) is 2. The summed E-state index contributed by atoms with van der Waals surface area (Å²) in [5.41, 5.74) is -0.168. The summed E-state index contributed by atoms with van der Waals surface area (Å²) in [6.07, 6.45) is -1.41. The second kappa shape index (κ2) is 13.4. The van der Waals surface area contributed by atoms with E-state index in [0.29, 0.717) is 54.9 Å². The molecule has 13 nitrogen and oxygen atoms in total. The van der Waals surface area contributed by atoms with Gasteiger partial charge in [0.1, 0.15) is 5.69 Å². The molecule has 2 aromatic heterocycles. The Kier molecular flexibility index (Phi) is 9.81. The molecule has 2 aliphatic rings. The van der Waals surface area contributed by atoms with E-state index in [9.17, 15) is 21.6 Å². The highest BCUT2D eigenvalue weighted by atomic mass is 32.2. The minimum Gasteiger partial charge on any atom is -0.395 e. The fourth-order valence-electron chi connectivity index (χ4n) is 5.45. The largest absolute Gasteiger partial charge is 0.417 e. The third-order valence-corrected chi connectivity index (χ3v) is 9.16. The first-order valence-corrected chi connectivity index (χ1v) is 16.4. The first-order valence-electron chi connectivity index (χ1n) is 14.8. The van der Waals surface area contributed by atoms with Gasteiger partial charge in [0, 0.05) is 45.3 Å². The van der Waals surface area contributed by atoms with Crippen molar-refractivity contribution in [1.29, 1.82) is 0 Å². The molecule has 17 heteroatoms. The van der Waals surface area contributed by atoms with Crippen molar-refractivity contribution >= 4 is 27.3 Å². The summed E-state index contributed by atoms with van der Waals surface area (Å²) in [5.74, 6) is 0.0255. The lowest BCUT2D eigenvalue weighted by Crippen LogP contribution is -2.55. The van der Waals surface area contributed by atoms with Crippen molar-refractivity contribution in [3.05, 3.63) is 36.7 Å². The van der Waals surface area contributed by atoms with Gasteiger partial charge in [-0.3, -0.25) is 4.72 Å². The third kappa shape index (κ3) is 7.31. The van der Waals surface area contributed by atoms with E-state index in [-0.39, 0.29) is 44.3 Å². The Hall–Kier alpha value is -3.54. The average Bonchev–Trinajstić information content (AvgIpc) is 3.50. The number of aliphatic hydroxyl groups excluding tert-OH is 1. The predicted molar refractivity (Wildman–Crippen MR) is 161 cm³/mol. The van der Waals surface area contributed by atoms with Crippen LogP contribution < -0.4 is 14.5 Å². The second-order valence-corrected chi connectivity index (χ2v) is 12.9. The van der Waals surface area contributed by atoms with Crippen LogP contribution in [0.15, 0.2) is 36.7 Å². The molecule has 0 saturated carbocycles. The number of rotatable bonds is 11. The lowest BCUT2D eigenvalue weighted by molar-refractivity contribution is -0.284. The van der Waals surface area contributed by atoms with Crippen LogP contribution in [-0.2, 0) is 19.5 Å². The van der Waals surface area contributed by atoms with Crippen LogP contribution in [0.5, 0.6) is 0 Å². The smallest absolute Gasteiger partial charge is 0.395 e. The van der Waals surface area contributed by atoms with Crippen LogP contribution in [-0.4, -0.2) is 108 Å². The van der Waals surface area contributed by atoms with E-state index in [0.717, 1.165) is 0 Å². The van der Waals surface area contributed by atoms with Gasteiger partial charge in [0.05, 0.1) is 60.6 Å². The molecule has 2 fully saturated rings. The zero-order valence-corrected chi connectivity index (χ0v) is 25.9. The highest BCUT2D eigenvalue weighted by Gasteiger charge is 2.57. The number of morpholine rings is 1. The van der Waals surface area contributed by atoms with Crippen molar-refractivity contribution < 1.29 is 36.2 Å². The summed E-state index contributed by atoms with van der Waals surface area (Å²) in [6, 6.07) is 6.48. The number of piperidine rings is 1. The Morgan fingerprint density at radius 1 is 1.16 bits per heavy atom. The van der Waals surface area contributed by atoms with Gasteiger partial charge in [0.25, 0.3) is 0 Å². The number of nitrogens with one attached hydrogen (secondary N) is 1. The van der Waals surface area contributed by atoms with E-state index in [1.54, 1.807) is 42.4 Å². The number of aliphatic hydroxyl groups is 1. The number of nitrogens with zero attached hydrogens (tertiary/aromatic N) is 7. The zero-order chi connectivity index (χ0) is 32.2. The normalized spacial score (nSPS) is 19.1. The van der Waals surface area contributed by atoms with Crippen LogP contribution in [0.2, 0.25) is 0 Å². The summed E-state index contributed by atoms with van der Waals surface area (Å²) in [7, 11) is -3.86. The Labute approximate surface area is 259 Å². The lowest BCUT2D eigenvalue weighted by atomic mass is 9.89. The van der Waals surface area contributed by atoms with Gasteiger partial charge in [-0.05, 0) is 37.6 Å². The highest BCUT2D eigenvalue weighted by Crippen LogP contribution is 2.43. The maximum atomic E-state index is 14.2. The minimum atomic E-state index is -4.55. The summed E-state index contributed by atoms with van der Waals surface area (Å²) in [6.45, 7) is 4.96. The van der Waals surface area contributed by atoms with Gasteiger partial charge in [-0.1, -0.05) is 12.1 Å². The van der Waals surface area contributed by atoms with E-state index >= 15 is 0 Å². The van der Waals surface area contributed by atoms with E-state index in [4.69, 9.17) is 14.6 Å². The van der Waals surface area contributed by atoms with Crippen molar-refractivity contribution in [3.8, 4) is 17.1 Å². The molecule has 0 bridgehead atoms. The highest BCUT2D eigenvalue weighted by molar-refractivity contribution is 7.92. The summed E-state index contributed by atoms with van der Waals surface area (Å²) in [5, 5.41) is 17.7. The van der Waals surface area contributed by atoms with E-state index in [1.165, 1.54) is 10.7 Å². The van der Waals surface area contributed by atoms with Gasteiger partial charge in [0.15, 0.2) is 5.60 Å². The van der Waals surface area contributed by atoms with Crippen LogP contribution in [0.3, 0.4) is 0 Å². The zero-order valence-electron chi connectivity index (χ0n) is 25.1. The Morgan fingerprint density at radius 3 is 2.62 bits per heavy atom. The first kappa shape index (κ1) is 32.8. The summed E-state index contributed by atoms with van der Waals surface area (Å²) in [4.78, 5) is 12.9. The van der Waals surface area contributed by atoms with Crippen molar-refractivity contribution in [1.82, 2.24) is 25.0 Å². The number of aromatic nitrogens is 5.